The Labute approximate surface area is 236 Å². The Hall–Kier alpha value is -0.916. The first-order chi connectivity index (χ1) is 17.9. The van der Waals surface area contributed by atoms with Gasteiger partial charge in [-0.25, -0.2) is 0 Å². The number of carboxylic acids is 1. The summed E-state index contributed by atoms with van der Waals surface area (Å²) in [6, 6.07) is 3.54. The van der Waals surface area contributed by atoms with Crippen LogP contribution in [-0.2, 0) is 13.6 Å². The zero-order chi connectivity index (χ0) is 28.4. The molecule has 218 valence electrons. The Morgan fingerprint density at radius 1 is 1.13 bits per heavy atom. The third-order valence-electron chi connectivity index (χ3n) is 9.90. The molecule has 0 aromatic carbocycles. The van der Waals surface area contributed by atoms with Crippen molar-refractivity contribution in [3.8, 4) is 0 Å². The fourth-order valence-corrected chi connectivity index (χ4v) is 10.4. The molecule has 0 amide bonds. The van der Waals surface area contributed by atoms with E-state index in [1.165, 1.54) is 43.8 Å². The predicted molar refractivity (Wildman–Crippen MR) is 166 cm³/mol. The fraction of sp³-hybridized carbons (Fsp3) is 0.812. The van der Waals surface area contributed by atoms with E-state index in [4.69, 9.17) is 14.0 Å². The second-order valence-electron chi connectivity index (χ2n) is 13.3. The molecule has 2 rings (SSSR count). The van der Waals surface area contributed by atoms with Gasteiger partial charge in [-0.3, -0.25) is 4.79 Å². The van der Waals surface area contributed by atoms with Gasteiger partial charge >= 0.3 is 5.97 Å². The van der Waals surface area contributed by atoms with Crippen molar-refractivity contribution in [3.63, 3.8) is 0 Å². The van der Waals surface area contributed by atoms with Crippen LogP contribution in [-0.4, -0.2) is 39.9 Å². The lowest BCUT2D eigenvalue weighted by Crippen LogP contribution is -2.45. The zero-order valence-electron chi connectivity index (χ0n) is 25.9. The van der Waals surface area contributed by atoms with Crippen LogP contribution in [0.4, 0.5) is 0 Å². The zero-order valence-corrected chi connectivity index (χ0v) is 27.9. The molecule has 0 bridgehead atoms. The lowest BCUT2D eigenvalue weighted by atomic mass is 9.88. The number of carboxylic acid groups (broad SMARTS) is 1. The number of hydrogen-bond acceptors (Lipinski definition) is 3. The molecule has 0 aliphatic heterocycles. The summed E-state index contributed by atoms with van der Waals surface area (Å²) in [6.07, 6.45) is 17.4. The Morgan fingerprint density at radius 2 is 1.76 bits per heavy atom. The van der Waals surface area contributed by atoms with E-state index in [0.29, 0.717) is 24.0 Å². The van der Waals surface area contributed by atoms with Gasteiger partial charge in [0.25, 0.3) is 0 Å². The van der Waals surface area contributed by atoms with E-state index in [2.05, 4.69) is 66.4 Å². The fourth-order valence-electron chi connectivity index (χ4n) is 6.09. The smallest absolute Gasteiger partial charge is 0.307 e. The third kappa shape index (κ3) is 9.62. The molecule has 1 fully saturated rings. The average molecular weight is 563 g/mol. The summed E-state index contributed by atoms with van der Waals surface area (Å²) in [5.74, 6) is 0.345. The van der Waals surface area contributed by atoms with Crippen LogP contribution in [0, 0.1) is 11.8 Å². The van der Waals surface area contributed by atoms with E-state index in [9.17, 15) is 4.79 Å². The van der Waals surface area contributed by atoms with Gasteiger partial charge in [-0.1, -0.05) is 66.0 Å². The third-order valence-corrected chi connectivity index (χ3v) is 19.1. The van der Waals surface area contributed by atoms with E-state index in [0.717, 1.165) is 32.1 Å². The summed E-state index contributed by atoms with van der Waals surface area (Å²) in [6.45, 7) is 18.8. The molecule has 1 saturated carbocycles. The van der Waals surface area contributed by atoms with E-state index < -0.39 is 22.6 Å². The largest absolute Gasteiger partial charge is 0.481 e. The van der Waals surface area contributed by atoms with Gasteiger partial charge in [0.1, 0.15) is 0 Å². The van der Waals surface area contributed by atoms with Gasteiger partial charge < -0.3 is 14.0 Å². The lowest BCUT2D eigenvalue weighted by Gasteiger charge is -2.41. The van der Waals surface area contributed by atoms with E-state index >= 15 is 0 Å². The molecule has 2 aliphatic rings. The Bertz CT molecular complexity index is 817. The molecular formula is C32H58O4Si2. The molecule has 3 atom stereocenters. The van der Waals surface area contributed by atoms with Gasteiger partial charge in [-0.15, -0.1) is 5.73 Å². The van der Waals surface area contributed by atoms with Crippen molar-refractivity contribution < 1.29 is 18.8 Å². The molecular weight excluding hydrogens is 505 g/mol. The van der Waals surface area contributed by atoms with Gasteiger partial charge in [0.2, 0.25) is 0 Å². The number of carbonyl (C=O) groups is 1. The van der Waals surface area contributed by atoms with Crippen LogP contribution < -0.4 is 0 Å². The summed E-state index contributed by atoms with van der Waals surface area (Å²) in [7, 11) is -3.52. The van der Waals surface area contributed by atoms with Crippen molar-refractivity contribution in [1.29, 1.82) is 0 Å². The minimum Gasteiger partial charge on any atom is -0.481 e. The molecule has 0 spiro atoms. The Kier molecular flexibility index (Phi) is 13.3. The van der Waals surface area contributed by atoms with Crippen LogP contribution >= 0.6 is 0 Å². The predicted octanol–water partition coefficient (Wildman–Crippen LogP) is 9.65. The lowest BCUT2D eigenvalue weighted by molar-refractivity contribution is -0.136. The second kappa shape index (κ2) is 15.2. The van der Waals surface area contributed by atoms with Crippen molar-refractivity contribution in [1.82, 2.24) is 0 Å². The summed E-state index contributed by atoms with van der Waals surface area (Å²) in [5.41, 5.74) is 4.66. The topological polar surface area (TPSA) is 55.8 Å². The van der Waals surface area contributed by atoms with Crippen LogP contribution in [0.2, 0.25) is 36.3 Å². The first-order valence-electron chi connectivity index (χ1n) is 15.5. The Morgan fingerprint density at radius 3 is 2.32 bits per heavy atom. The van der Waals surface area contributed by atoms with Gasteiger partial charge in [-0.2, -0.15) is 0 Å². The van der Waals surface area contributed by atoms with E-state index in [1.807, 2.05) is 6.08 Å². The minimum atomic E-state index is -1.83. The molecule has 0 heterocycles. The van der Waals surface area contributed by atoms with Gasteiger partial charge in [-0.05, 0) is 99.3 Å². The maximum Gasteiger partial charge on any atom is 0.307 e. The summed E-state index contributed by atoms with van der Waals surface area (Å²) in [5, 5.41) is 9.10. The molecule has 0 aromatic heterocycles. The molecule has 0 aromatic rings. The normalized spacial score (nSPS) is 21.7. The van der Waals surface area contributed by atoms with Crippen molar-refractivity contribution >= 4 is 22.6 Å². The van der Waals surface area contributed by atoms with Gasteiger partial charge in [0, 0.05) is 12.0 Å². The highest BCUT2D eigenvalue weighted by molar-refractivity contribution is 6.74. The van der Waals surface area contributed by atoms with Crippen molar-refractivity contribution in [2.75, 3.05) is 0 Å². The molecule has 1 N–H and O–H groups in total. The molecule has 1 unspecified atom stereocenters. The second-order valence-corrected chi connectivity index (χ2v) is 22.8. The van der Waals surface area contributed by atoms with E-state index in [-0.39, 0.29) is 11.5 Å². The van der Waals surface area contributed by atoms with Crippen molar-refractivity contribution in [3.05, 3.63) is 29.5 Å². The summed E-state index contributed by atoms with van der Waals surface area (Å²) < 4.78 is 14.2. The summed E-state index contributed by atoms with van der Waals surface area (Å²) >= 11 is 0. The highest BCUT2D eigenvalue weighted by Crippen LogP contribution is 2.43. The first kappa shape index (κ1) is 33.3. The van der Waals surface area contributed by atoms with Gasteiger partial charge in [0.15, 0.2) is 16.6 Å². The van der Waals surface area contributed by atoms with Crippen LogP contribution in [0.25, 0.3) is 0 Å². The Balaban J connectivity index is 2.16. The minimum absolute atomic E-state index is 0.0330. The molecule has 0 radical (unpaired) electrons. The van der Waals surface area contributed by atoms with Crippen LogP contribution in [0.15, 0.2) is 29.5 Å². The summed E-state index contributed by atoms with van der Waals surface area (Å²) in [4.78, 5) is 10.8. The monoisotopic (exact) mass is 562 g/mol. The van der Waals surface area contributed by atoms with Crippen LogP contribution in [0.5, 0.6) is 0 Å². The van der Waals surface area contributed by atoms with Crippen molar-refractivity contribution in [2.24, 2.45) is 11.8 Å². The van der Waals surface area contributed by atoms with Crippen molar-refractivity contribution in [2.45, 2.75) is 154 Å². The maximum atomic E-state index is 10.8. The van der Waals surface area contributed by atoms with E-state index in [1.54, 1.807) is 11.6 Å². The highest BCUT2D eigenvalue weighted by Gasteiger charge is 2.42. The molecule has 2 aliphatic carbocycles. The molecule has 0 saturated heterocycles. The van der Waals surface area contributed by atoms with Gasteiger partial charge in [0.05, 0.1) is 12.5 Å². The number of hydrogen-bond donors (Lipinski definition) is 1. The quantitative estimate of drug-likeness (QED) is 0.116. The maximum absolute atomic E-state index is 10.8. The highest BCUT2D eigenvalue weighted by atomic mass is 28.4. The molecule has 38 heavy (non-hydrogen) atoms. The molecule has 4 nitrogen and oxygen atoms in total. The number of rotatable bonds is 16. The van der Waals surface area contributed by atoms with Crippen LogP contribution in [0.1, 0.15) is 106 Å². The molecule has 6 heteroatoms. The van der Waals surface area contributed by atoms with Crippen LogP contribution in [0.3, 0.4) is 0 Å². The standard InChI is InChI=1S/C32H58O4Si2/c1-9-38(10-2,11-3)36-30-25-23-26(28(30)20-14-12-13-15-21-31(33)34)22-24-29(27-18-16-17-19-27)35-37(7,8)32(4,5)6/h12,15,23,27-30H,9-11,14,16-22,24-25H2,1-8H3,(H,33,34)/t13?,28-,29?,30+/m1/s1. The number of aliphatic carboxylic acids is 1. The average Bonchev–Trinajstić information content (AvgIpc) is 3.52. The first-order valence-corrected chi connectivity index (χ1v) is 21.0. The SMILES string of the molecule is CC[Si](CC)(CC)O[C@H]1CC=C(CCC(O[Si](C)(C)C(C)(C)C)C2CCCC2)[C@H]1CCC=C=CCC(=O)O.